The van der Waals surface area contributed by atoms with Crippen LogP contribution in [0.25, 0.3) is 21.8 Å². The van der Waals surface area contributed by atoms with Crippen LogP contribution >= 0.6 is 0 Å². The average Bonchev–Trinajstić information content (AvgIpc) is 3.33. The molecule has 5 nitrogen and oxygen atoms in total. The van der Waals surface area contributed by atoms with Crippen molar-refractivity contribution in [2.75, 3.05) is 0 Å². The molecule has 0 saturated carbocycles. The van der Waals surface area contributed by atoms with Crippen molar-refractivity contribution >= 4 is 39.3 Å². The lowest BCUT2D eigenvalue weighted by Crippen LogP contribution is -2.03. The molecule has 0 amide bonds. The molecule has 0 N–H and O–H groups in total. The second-order valence-corrected chi connectivity index (χ2v) is 8.27. The second-order valence-electron chi connectivity index (χ2n) is 8.27. The molecule has 3 aromatic carbocycles. The van der Waals surface area contributed by atoms with Crippen molar-refractivity contribution in [3.8, 4) is 0 Å². The number of carbonyl (C=O) groups excluding carboxylic acids is 2. The zero-order valence-corrected chi connectivity index (χ0v) is 18.4. The van der Waals surface area contributed by atoms with Gasteiger partial charge in [-0.3, -0.25) is 4.79 Å². The van der Waals surface area contributed by atoms with Gasteiger partial charge < -0.3 is 9.40 Å². The number of hydrogen-bond acceptors (Lipinski definition) is 4. The summed E-state index contributed by atoms with van der Waals surface area (Å²) < 4.78 is 2.29. The van der Waals surface area contributed by atoms with Gasteiger partial charge in [-0.2, -0.15) is 0 Å². The summed E-state index contributed by atoms with van der Waals surface area (Å²) in [6, 6.07) is 18.0. The summed E-state index contributed by atoms with van der Waals surface area (Å²) in [4.78, 5) is 29.4. The zero-order chi connectivity index (χ0) is 22.4. The van der Waals surface area contributed by atoms with E-state index in [9.17, 15) is 9.59 Å². The third kappa shape index (κ3) is 3.21. The normalized spacial score (nSPS) is 14.3. The van der Waals surface area contributed by atoms with E-state index in [0.717, 1.165) is 63.6 Å². The van der Waals surface area contributed by atoms with Crippen LogP contribution in [-0.2, 0) is 22.6 Å². The van der Waals surface area contributed by atoms with Gasteiger partial charge in [0.15, 0.2) is 5.78 Å². The highest BCUT2D eigenvalue weighted by atomic mass is 16.7. The van der Waals surface area contributed by atoms with Crippen molar-refractivity contribution in [1.29, 1.82) is 0 Å². The molecule has 5 rings (SSSR count). The molecular formula is C27H24N2O3. The number of nitrogens with zero attached hydrogens (tertiary/aromatic N) is 2. The summed E-state index contributed by atoms with van der Waals surface area (Å²) in [5, 5.41) is 6.20. The van der Waals surface area contributed by atoms with Gasteiger partial charge in [-0.05, 0) is 68.1 Å². The lowest BCUT2D eigenvalue weighted by atomic mass is 9.97. The monoisotopic (exact) mass is 424 g/mol. The first kappa shape index (κ1) is 20.2. The van der Waals surface area contributed by atoms with E-state index in [0.29, 0.717) is 5.56 Å². The Labute approximate surface area is 186 Å². The van der Waals surface area contributed by atoms with Gasteiger partial charge in [0, 0.05) is 52.0 Å². The van der Waals surface area contributed by atoms with Gasteiger partial charge in [-0.1, -0.05) is 29.4 Å². The summed E-state index contributed by atoms with van der Waals surface area (Å²) in [6.07, 6.45) is 1.62. The van der Waals surface area contributed by atoms with Crippen LogP contribution in [0.1, 0.15) is 52.9 Å². The molecule has 32 heavy (non-hydrogen) atoms. The van der Waals surface area contributed by atoms with Crippen LogP contribution in [-0.4, -0.2) is 22.0 Å². The van der Waals surface area contributed by atoms with Gasteiger partial charge >= 0.3 is 5.97 Å². The van der Waals surface area contributed by atoms with E-state index >= 15 is 0 Å². The second kappa shape index (κ2) is 7.75. The number of ketones is 1. The summed E-state index contributed by atoms with van der Waals surface area (Å²) in [7, 11) is 0. The molecule has 1 aliphatic rings. The minimum absolute atomic E-state index is 0.0284. The SMILES string of the molecule is CCn1c2ccc(C(=O)c3ccccc3C)cc2c2cc3c(cc21)CCC3=NOC(C)=O. The Kier molecular flexibility index (Phi) is 4.89. The molecule has 0 bridgehead atoms. The Morgan fingerprint density at radius 1 is 1.00 bits per heavy atom. The van der Waals surface area contributed by atoms with Crippen LogP contribution in [0.4, 0.5) is 0 Å². The van der Waals surface area contributed by atoms with Crippen LogP contribution < -0.4 is 0 Å². The Morgan fingerprint density at radius 2 is 1.78 bits per heavy atom. The molecule has 0 radical (unpaired) electrons. The van der Waals surface area contributed by atoms with Crippen molar-refractivity contribution in [2.24, 2.45) is 5.16 Å². The molecule has 4 aromatic rings. The Bertz CT molecular complexity index is 1440. The van der Waals surface area contributed by atoms with Gasteiger partial charge in [-0.25, -0.2) is 4.79 Å². The average molecular weight is 425 g/mol. The van der Waals surface area contributed by atoms with Crippen LogP contribution in [0.2, 0.25) is 0 Å². The third-order valence-corrected chi connectivity index (χ3v) is 6.28. The van der Waals surface area contributed by atoms with Crippen LogP contribution in [0.3, 0.4) is 0 Å². The number of oxime groups is 1. The predicted molar refractivity (Wildman–Crippen MR) is 126 cm³/mol. The molecule has 0 spiro atoms. The maximum Gasteiger partial charge on any atom is 0.331 e. The lowest BCUT2D eigenvalue weighted by Gasteiger charge is -2.06. The highest BCUT2D eigenvalue weighted by Crippen LogP contribution is 2.35. The molecule has 1 aliphatic carbocycles. The minimum atomic E-state index is -0.422. The lowest BCUT2D eigenvalue weighted by molar-refractivity contribution is -0.140. The van der Waals surface area contributed by atoms with Gasteiger partial charge in [0.2, 0.25) is 0 Å². The van der Waals surface area contributed by atoms with E-state index in [1.54, 1.807) is 0 Å². The number of carbonyl (C=O) groups is 2. The molecule has 0 saturated heterocycles. The smallest absolute Gasteiger partial charge is 0.331 e. The van der Waals surface area contributed by atoms with Gasteiger partial charge in [0.1, 0.15) is 0 Å². The van der Waals surface area contributed by atoms with Crippen LogP contribution in [0.5, 0.6) is 0 Å². The van der Waals surface area contributed by atoms with Crippen molar-refractivity contribution in [2.45, 2.75) is 40.2 Å². The fourth-order valence-electron chi connectivity index (χ4n) is 4.73. The van der Waals surface area contributed by atoms with Crippen LogP contribution in [0.15, 0.2) is 59.8 Å². The number of rotatable bonds is 4. The van der Waals surface area contributed by atoms with E-state index in [2.05, 4.69) is 28.8 Å². The fraction of sp³-hybridized carbons (Fsp3) is 0.222. The number of fused-ring (bicyclic) bond motifs is 4. The zero-order valence-electron chi connectivity index (χ0n) is 18.4. The molecule has 0 unspecified atom stereocenters. The van der Waals surface area contributed by atoms with E-state index in [4.69, 9.17) is 4.84 Å². The first-order valence-corrected chi connectivity index (χ1v) is 10.9. The molecule has 5 heteroatoms. The van der Waals surface area contributed by atoms with Crippen molar-refractivity contribution in [1.82, 2.24) is 4.57 Å². The molecule has 1 heterocycles. The fourth-order valence-corrected chi connectivity index (χ4v) is 4.73. The quantitative estimate of drug-likeness (QED) is 0.245. The summed E-state index contributed by atoms with van der Waals surface area (Å²) in [5.74, 6) is -0.394. The molecule has 1 aromatic heterocycles. The molecular weight excluding hydrogens is 400 g/mol. The predicted octanol–water partition coefficient (Wildman–Crippen LogP) is 5.57. The van der Waals surface area contributed by atoms with E-state index in [-0.39, 0.29) is 5.78 Å². The van der Waals surface area contributed by atoms with Crippen molar-refractivity contribution in [3.05, 3.63) is 82.4 Å². The number of benzene rings is 3. The molecule has 0 atom stereocenters. The third-order valence-electron chi connectivity index (χ3n) is 6.28. The highest BCUT2D eigenvalue weighted by molar-refractivity contribution is 6.17. The number of aromatic nitrogens is 1. The van der Waals surface area contributed by atoms with E-state index in [1.165, 1.54) is 12.5 Å². The summed E-state index contributed by atoms with van der Waals surface area (Å²) in [6.45, 7) is 6.28. The minimum Gasteiger partial charge on any atom is -0.341 e. The van der Waals surface area contributed by atoms with E-state index < -0.39 is 5.97 Å². The van der Waals surface area contributed by atoms with Gasteiger partial charge in [-0.15, -0.1) is 0 Å². The maximum atomic E-state index is 13.2. The number of aryl methyl sites for hydroxylation is 3. The standard InChI is InChI=1S/C27H24N2O3/c1-4-29-25-12-10-19(27(31)20-8-6-5-7-16(20)2)13-22(25)23-15-21-18(14-26(23)29)9-11-24(21)28-32-17(3)30/h5-8,10,12-15H,4,9,11H2,1-3H3. The van der Waals surface area contributed by atoms with E-state index in [1.807, 2.05) is 49.4 Å². The molecule has 160 valence electrons. The topological polar surface area (TPSA) is 60.7 Å². The van der Waals surface area contributed by atoms with Gasteiger partial charge in [0.05, 0.1) is 5.71 Å². The first-order chi connectivity index (χ1) is 15.5. The van der Waals surface area contributed by atoms with Crippen molar-refractivity contribution in [3.63, 3.8) is 0 Å². The molecule has 0 aliphatic heterocycles. The first-order valence-electron chi connectivity index (χ1n) is 10.9. The maximum absolute atomic E-state index is 13.2. The van der Waals surface area contributed by atoms with Crippen molar-refractivity contribution < 1.29 is 14.4 Å². The number of hydrogen-bond donors (Lipinski definition) is 0. The largest absolute Gasteiger partial charge is 0.341 e. The van der Waals surface area contributed by atoms with Crippen LogP contribution in [0, 0.1) is 6.92 Å². The Morgan fingerprint density at radius 3 is 2.53 bits per heavy atom. The Hall–Kier alpha value is -3.73. The Balaban J connectivity index is 1.70. The summed E-state index contributed by atoms with van der Waals surface area (Å²) in [5.41, 5.74) is 7.64. The molecule has 0 fully saturated rings. The highest BCUT2D eigenvalue weighted by Gasteiger charge is 2.23. The van der Waals surface area contributed by atoms with Gasteiger partial charge in [0.25, 0.3) is 0 Å². The summed E-state index contributed by atoms with van der Waals surface area (Å²) >= 11 is 0.